The van der Waals surface area contributed by atoms with Crippen molar-refractivity contribution in [1.29, 1.82) is 0 Å². The molecule has 0 atom stereocenters. The molecule has 1 amide bonds. The monoisotopic (exact) mass is 260 g/mol. The number of hydrogen-bond acceptors (Lipinski definition) is 3. The van der Waals surface area contributed by atoms with Crippen LogP contribution in [0.1, 0.15) is 16.1 Å². The van der Waals surface area contributed by atoms with Crippen LogP contribution in [0.2, 0.25) is 0 Å². The SMILES string of the molecule is NC(=O)c1c(-c2ccc(F)cc2)nn2c1CNCC2. The van der Waals surface area contributed by atoms with Crippen molar-refractivity contribution in [2.75, 3.05) is 6.54 Å². The Kier molecular flexibility index (Phi) is 2.79. The number of carbonyl (C=O) groups excluding carboxylic acids is 1. The van der Waals surface area contributed by atoms with Crippen molar-refractivity contribution in [1.82, 2.24) is 15.1 Å². The third-order valence-corrected chi connectivity index (χ3v) is 3.21. The first-order valence-corrected chi connectivity index (χ1v) is 6.03. The molecule has 0 fully saturated rings. The summed E-state index contributed by atoms with van der Waals surface area (Å²) in [6.45, 7) is 2.05. The van der Waals surface area contributed by atoms with Crippen LogP contribution in [-0.4, -0.2) is 22.2 Å². The molecule has 1 aromatic heterocycles. The van der Waals surface area contributed by atoms with Crippen molar-refractivity contribution < 1.29 is 9.18 Å². The lowest BCUT2D eigenvalue weighted by Gasteiger charge is -2.15. The van der Waals surface area contributed by atoms with Crippen LogP contribution in [0.5, 0.6) is 0 Å². The number of nitrogens with two attached hydrogens (primary N) is 1. The molecule has 2 heterocycles. The van der Waals surface area contributed by atoms with Crippen LogP contribution in [0.4, 0.5) is 4.39 Å². The Bertz CT molecular complexity index is 633. The third-order valence-electron chi connectivity index (χ3n) is 3.21. The van der Waals surface area contributed by atoms with E-state index in [0.717, 1.165) is 12.2 Å². The minimum atomic E-state index is -0.510. The zero-order chi connectivity index (χ0) is 13.4. The first-order valence-electron chi connectivity index (χ1n) is 6.03. The van der Waals surface area contributed by atoms with Crippen molar-refractivity contribution in [3.05, 3.63) is 41.3 Å². The number of primary amides is 1. The summed E-state index contributed by atoms with van der Waals surface area (Å²) in [5.74, 6) is -0.834. The number of rotatable bonds is 2. The molecule has 1 aliphatic heterocycles. The fourth-order valence-electron chi connectivity index (χ4n) is 2.32. The maximum atomic E-state index is 13.0. The molecule has 19 heavy (non-hydrogen) atoms. The first kappa shape index (κ1) is 11.9. The number of fused-ring (bicyclic) bond motifs is 1. The quantitative estimate of drug-likeness (QED) is 0.842. The van der Waals surface area contributed by atoms with E-state index in [1.165, 1.54) is 12.1 Å². The summed E-state index contributed by atoms with van der Waals surface area (Å²) in [6.07, 6.45) is 0. The van der Waals surface area contributed by atoms with Crippen LogP contribution >= 0.6 is 0 Å². The Morgan fingerprint density at radius 1 is 1.37 bits per heavy atom. The van der Waals surface area contributed by atoms with E-state index in [0.29, 0.717) is 29.9 Å². The number of carbonyl (C=O) groups is 1. The van der Waals surface area contributed by atoms with Gasteiger partial charge in [-0.05, 0) is 24.3 Å². The summed E-state index contributed by atoms with van der Waals surface area (Å²) in [4.78, 5) is 11.7. The van der Waals surface area contributed by atoms with Gasteiger partial charge in [0, 0.05) is 18.7 Å². The number of hydrogen-bond donors (Lipinski definition) is 2. The smallest absolute Gasteiger partial charge is 0.252 e. The van der Waals surface area contributed by atoms with Crippen LogP contribution in [0.25, 0.3) is 11.3 Å². The molecule has 0 radical (unpaired) electrons. The highest BCUT2D eigenvalue weighted by molar-refractivity contribution is 6.00. The van der Waals surface area contributed by atoms with Crippen molar-refractivity contribution in [2.24, 2.45) is 5.73 Å². The summed E-state index contributed by atoms with van der Waals surface area (Å²) in [5.41, 5.74) is 7.87. The predicted molar refractivity (Wildman–Crippen MR) is 67.8 cm³/mol. The Balaban J connectivity index is 2.17. The molecule has 2 aromatic rings. The van der Waals surface area contributed by atoms with Crippen molar-refractivity contribution in [2.45, 2.75) is 13.1 Å². The van der Waals surface area contributed by atoms with Crippen molar-refractivity contribution in [3.63, 3.8) is 0 Å². The Hall–Kier alpha value is -2.21. The van der Waals surface area contributed by atoms with Gasteiger partial charge in [0.2, 0.25) is 0 Å². The van der Waals surface area contributed by atoms with Gasteiger partial charge in [0.05, 0.1) is 17.8 Å². The highest BCUT2D eigenvalue weighted by Gasteiger charge is 2.24. The number of benzene rings is 1. The lowest BCUT2D eigenvalue weighted by atomic mass is 10.0. The number of halogens is 1. The second-order valence-electron chi connectivity index (χ2n) is 4.44. The molecule has 3 N–H and O–H groups in total. The van der Waals surface area contributed by atoms with Gasteiger partial charge in [0.15, 0.2) is 0 Å². The van der Waals surface area contributed by atoms with Crippen LogP contribution in [0.3, 0.4) is 0 Å². The molecule has 0 bridgehead atoms. The first-order chi connectivity index (χ1) is 9.16. The molecule has 1 aromatic carbocycles. The van der Waals surface area contributed by atoms with E-state index in [4.69, 9.17) is 5.73 Å². The van der Waals surface area contributed by atoms with Crippen LogP contribution in [0, 0.1) is 5.82 Å². The van der Waals surface area contributed by atoms with E-state index >= 15 is 0 Å². The molecule has 0 spiro atoms. The molecule has 5 nitrogen and oxygen atoms in total. The molecule has 0 saturated heterocycles. The number of aromatic nitrogens is 2. The van der Waals surface area contributed by atoms with Gasteiger partial charge in [-0.15, -0.1) is 0 Å². The number of nitrogens with one attached hydrogen (secondary N) is 1. The van der Waals surface area contributed by atoms with Gasteiger partial charge in [0.1, 0.15) is 11.5 Å². The standard InChI is InChI=1S/C13H13FN4O/c14-9-3-1-8(2-4-9)12-11(13(15)19)10-7-16-5-6-18(10)17-12/h1-4,16H,5-7H2,(H2,15,19). The van der Waals surface area contributed by atoms with Crippen molar-refractivity contribution >= 4 is 5.91 Å². The van der Waals surface area contributed by atoms with Gasteiger partial charge in [-0.25, -0.2) is 4.39 Å². The molecular weight excluding hydrogens is 247 g/mol. The highest BCUT2D eigenvalue weighted by atomic mass is 19.1. The van der Waals surface area contributed by atoms with Gasteiger partial charge in [0.25, 0.3) is 5.91 Å². The van der Waals surface area contributed by atoms with E-state index in [1.807, 2.05) is 0 Å². The maximum Gasteiger partial charge on any atom is 0.252 e. The summed E-state index contributed by atoms with van der Waals surface area (Å²) >= 11 is 0. The third kappa shape index (κ3) is 2.00. The molecule has 98 valence electrons. The van der Waals surface area contributed by atoms with Crippen LogP contribution in [-0.2, 0) is 13.1 Å². The molecule has 3 rings (SSSR count). The average Bonchev–Trinajstić information content (AvgIpc) is 2.78. The van der Waals surface area contributed by atoms with E-state index < -0.39 is 5.91 Å². The second-order valence-corrected chi connectivity index (χ2v) is 4.44. The number of nitrogens with zero attached hydrogens (tertiary/aromatic N) is 2. The van der Waals surface area contributed by atoms with Crippen LogP contribution in [0.15, 0.2) is 24.3 Å². The van der Waals surface area contributed by atoms with Crippen LogP contribution < -0.4 is 11.1 Å². The van der Waals surface area contributed by atoms with Gasteiger partial charge in [-0.2, -0.15) is 5.10 Å². The summed E-state index contributed by atoms with van der Waals surface area (Å²) in [5, 5.41) is 7.61. The van der Waals surface area contributed by atoms with Gasteiger partial charge < -0.3 is 11.1 Å². The van der Waals surface area contributed by atoms with E-state index in [-0.39, 0.29) is 5.82 Å². The van der Waals surface area contributed by atoms with E-state index in [2.05, 4.69) is 10.4 Å². The summed E-state index contributed by atoms with van der Waals surface area (Å²) in [7, 11) is 0. The van der Waals surface area contributed by atoms with Crippen molar-refractivity contribution in [3.8, 4) is 11.3 Å². The lowest BCUT2D eigenvalue weighted by molar-refractivity contribution is 0.0999. The van der Waals surface area contributed by atoms with Gasteiger partial charge >= 0.3 is 0 Å². The second kappa shape index (κ2) is 4.47. The minimum absolute atomic E-state index is 0.324. The Labute approximate surface area is 109 Å². The zero-order valence-electron chi connectivity index (χ0n) is 10.2. The fourth-order valence-corrected chi connectivity index (χ4v) is 2.32. The van der Waals surface area contributed by atoms with E-state index in [9.17, 15) is 9.18 Å². The average molecular weight is 260 g/mol. The van der Waals surface area contributed by atoms with E-state index in [1.54, 1.807) is 16.8 Å². The topological polar surface area (TPSA) is 72.9 Å². The molecule has 0 saturated carbocycles. The normalized spacial score (nSPS) is 14.2. The predicted octanol–water partition coefficient (Wildman–Crippen LogP) is 0.891. The highest BCUT2D eigenvalue weighted by Crippen LogP contribution is 2.26. The summed E-state index contributed by atoms with van der Waals surface area (Å²) < 4.78 is 14.7. The van der Waals surface area contributed by atoms with Gasteiger partial charge in [-0.1, -0.05) is 0 Å². The van der Waals surface area contributed by atoms with Gasteiger partial charge in [-0.3, -0.25) is 9.48 Å². The molecular formula is C13H13FN4O. The Morgan fingerprint density at radius 3 is 2.79 bits per heavy atom. The lowest BCUT2D eigenvalue weighted by Crippen LogP contribution is -2.30. The maximum absolute atomic E-state index is 13.0. The molecule has 6 heteroatoms. The minimum Gasteiger partial charge on any atom is -0.365 e. The fraction of sp³-hybridized carbons (Fsp3) is 0.231. The molecule has 0 unspecified atom stereocenters. The Morgan fingerprint density at radius 2 is 2.11 bits per heavy atom. The molecule has 0 aliphatic carbocycles. The largest absolute Gasteiger partial charge is 0.365 e. The number of amides is 1. The summed E-state index contributed by atoms with van der Waals surface area (Å²) in [6, 6.07) is 5.89. The molecule has 1 aliphatic rings. The zero-order valence-corrected chi connectivity index (χ0v) is 10.2.